The van der Waals surface area contributed by atoms with Crippen molar-refractivity contribution < 1.29 is 13.2 Å². The first kappa shape index (κ1) is 14.8. The summed E-state index contributed by atoms with van der Waals surface area (Å²) in [6.07, 6.45) is 1.07. The zero-order chi connectivity index (χ0) is 14.1. The van der Waals surface area contributed by atoms with Crippen molar-refractivity contribution in [2.75, 3.05) is 30.0 Å². The van der Waals surface area contributed by atoms with Crippen LogP contribution in [0.1, 0.15) is 23.5 Å². The highest BCUT2D eigenvalue weighted by Gasteiger charge is 2.28. The van der Waals surface area contributed by atoms with Gasteiger partial charge in [0.1, 0.15) is 14.8 Å². The third kappa shape index (κ3) is 2.59. The van der Waals surface area contributed by atoms with Gasteiger partial charge in [0.2, 0.25) is 0 Å². The standard InChI is InChI=1S/C10H17N3O3S2/c1-4-13(5-2)10-8(18(3,15)16)6(11)7(17-10)9(12)14/h4-5,11H2,1-3H3,(H2,12,14). The third-order valence-electron chi connectivity index (χ3n) is 2.53. The Kier molecular flexibility index (Phi) is 4.23. The molecule has 0 aliphatic rings. The van der Waals surface area contributed by atoms with E-state index in [9.17, 15) is 13.2 Å². The number of nitrogens with two attached hydrogens (primary N) is 2. The lowest BCUT2D eigenvalue weighted by Crippen LogP contribution is -2.22. The minimum Gasteiger partial charge on any atom is -0.396 e. The van der Waals surface area contributed by atoms with Crippen LogP contribution < -0.4 is 16.4 Å². The Hall–Kier alpha value is -1.28. The molecule has 0 spiro atoms. The third-order valence-corrected chi connectivity index (χ3v) is 5.09. The van der Waals surface area contributed by atoms with Crippen molar-refractivity contribution in [3.63, 3.8) is 0 Å². The fraction of sp³-hybridized carbons (Fsp3) is 0.500. The maximum Gasteiger partial charge on any atom is 0.261 e. The second kappa shape index (κ2) is 5.15. The van der Waals surface area contributed by atoms with Gasteiger partial charge in [0.25, 0.3) is 5.91 Å². The number of carbonyl (C=O) groups is 1. The Bertz CT molecular complexity index is 559. The Balaban J connectivity index is 3.60. The number of sulfone groups is 1. The normalized spacial score (nSPS) is 11.5. The van der Waals surface area contributed by atoms with Crippen LogP contribution in [0.3, 0.4) is 0 Å². The van der Waals surface area contributed by atoms with Gasteiger partial charge in [-0.15, -0.1) is 11.3 Å². The predicted octanol–water partition coefficient (Wildman–Crippen LogP) is 0.679. The first-order valence-electron chi connectivity index (χ1n) is 5.41. The monoisotopic (exact) mass is 291 g/mol. The van der Waals surface area contributed by atoms with E-state index in [4.69, 9.17) is 11.5 Å². The maximum atomic E-state index is 11.8. The molecule has 0 atom stereocenters. The first-order valence-corrected chi connectivity index (χ1v) is 8.11. The van der Waals surface area contributed by atoms with Crippen LogP contribution in [-0.2, 0) is 9.84 Å². The predicted molar refractivity (Wildman–Crippen MR) is 73.9 cm³/mol. The molecule has 0 unspecified atom stereocenters. The summed E-state index contributed by atoms with van der Waals surface area (Å²) in [7, 11) is -3.51. The molecule has 1 aromatic rings. The first-order chi connectivity index (χ1) is 8.23. The van der Waals surface area contributed by atoms with Gasteiger partial charge in [-0.3, -0.25) is 4.79 Å². The highest BCUT2D eigenvalue weighted by molar-refractivity contribution is 7.91. The van der Waals surface area contributed by atoms with E-state index in [0.29, 0.717) is 18.1 Å². The number of nitrogen functional groups attached to an aromatic ring is 1. The molecule has 0 aliphatic carbocycles. The smallest absolute Gasteiger partial charge is 0.261 e. The molecule has 18 heavy (non-hydrogen) atoms. The lowest BCUT2D eigenvalue weighted by molar-refractivity contribution is 0.100. The molecule has 1 amide bonds. The van der Waals surface area contributed by atoms with E-state index in [2.05, 4.69) is 0 Å². The molecular weight excluding hydrogens is 274 g/mol. The van der Waals surface area contributed by atoms with Gasteiger partial charge in [-0.2, -0.15) is 0 Å². The number of carbonyl (C=O) groups excluding carboxylic acids is 1. The van der Waals surface area contributed by atoms with E-state index in [-0.39, 0.29) is 15.5 Å². The number of hydrogen-bond donors (Lipinski definition) is 2. The van der Waals surface area contributed by atoms with Crippen LogP contribution in [0.25, 0.3) is 0 Å². The minimum absolute atomic E-state index is 0.00463. The van der Waals surface area contributed by atoms with Gasteiger partial charge in [-0.1, -0.05) is 0 Å². The molecule has 0 aliphatic heterocycles. The van der Waals surface area contributed by atoms with Gasteiger partial charge in [-0.05, 0) is 13.8 Å². The van der Waals surface area contributed by atoms with E-state index in [0.717, 1.165) is 17.6 Å². The van der Waals surface area contributed by atoms with Crippen molar-refractivity contribution in [2.24, 2.45) is 5.73 Å². The summed E-state index contributed by atoms with van der Waals surface area (Å²) in [6, 6.07) is 0. The summed E-state index contributed by atoms with van der Waals surface area (Å²) < 4.78 is 23.6. The lowest BCUT2D eigenvalue weighted by Gasteiger charge is -2.20. The van der Waals surface area contributed by atoms with E-state index >= 15 is 0 Å². The number of anilines is 2. The summed E-state index contributed by atoms with van der Waals surface area (Å²) >= 11 is 1.03. The van der Waals surface area contributed by atoms with Crippen molar-refractivity contribution in [3.8, 4) is 0 Å². The van der Waals surface area contributed by atoms with Crippen LogP contribution in [0.4, 0.5) is 10.7 Å². The minimum atomic E-state index is -3.51. The van der Waals surface area contributed by atoms with Crippen molar-refractivity contribution >= 4 is 37.8 Å². The van der Waals surface area contributed by atoms with Gasteiger partial charge in [-0.25, -0.2) is 8.42 Å². The molecule has 0 radical (unpaired) electrons. The van der Waals surface area contributed by atoms with E-state index in [1.165, 1.54) is 0 Å². The van der Waals surface area contributed by atoms with Crippen LogP contribution in [0.2, 0.25) is 0 Å². The summed E-state index contributed by atoms with van der Waals surface area (Å²) in [6.45, 7) is 5.04. The van der Waals surface area contributed by atoms with Crippen LogP contribution in [-0.4, -0.2) is 33.7 Å². The van der Waals surface area contributed by atoms with E-state index in [1.54, 1.807) is 0 Å². The molecule has 4 N–H and O–H groups in total. The molecule has 1 heterocycles. The molecule has 1 aromatic heterocycles. The molecule has 0 saturated heterocycles. The Morgan fingerprint density at radius 2 is 1.83 bits per heavy atom. The van der Waals surface area contributed by atoms with Gasteiger partial charge in [0.05, 0.1) is 5.69 Å². The summed E-state index contributed by atoms with van der Waals surface area (Å²) in [5.41, 5.74) is 10.9. The molecule has 6 nitrogen and oxygen atoms in total. The number of thiophene rings is 1. The molecule has 8 heteroatoms. The van der Waals surface area contributed by atoms with Crippen LogP contribution in [0.15, 0.2) is 4.90 Å². The Labute approximate surface area is 110 Å². The quantitative estimate of drug-likeness (QED) is 0.829. The zero-order valence-electron chi connectivity index (χ0n) is 10.6. The molecular formula is C10H17N3O3S2. The SMILES string of the molecule is CCN(CC)c1sc(C(N)=O)c(N)c1S(C)(=O)=O. The average Bonchev–Trinajstić information content (AvgIpc) is 2.57. The number of hydrogen-bond acceptors (Lipinski definition) is 6. The largest absolute Gasteiger partial charge is 0.396 e. The van der Waals surface area contributed by atoms with E-state index in [1.807, 2.05) is 18.7 Å². The summed E-state index contributed by atoms with van der Waals surface area (Å²) in [5.74, 6) is -0.708. The molecule has 0 saturated carbocycles. The van der Waals surface area contributed by atoms with Gasteiger partial charge in [0.15, 0.2) is 9.84 Å². The highest BCUT2D eigenvalue weighted by atomic mass is 32.2. The van der Waals surface area contributed by atoms with Crippen LogP contribution in [0.5, 0.6) is 0 Å². The Morgan fingerprint density at radius 1 is 1.33 bits per heavy atom. The van der Waals surface area contributed by atoms with Gasteiger partial charge >= 0.3 is 0 Å². The maximum absolute atomic E-state index is 11.8. The number of rotatable bonds is 5. The lowest BCUT2D eigenvalue weighted by atomic mass is 10.3. The van der Waals surface area contributed by atoms with Crippen molar-refractivity contribution in [2.45, 2.75) is 18.7 Å². The average molecular weight is 291 g/mol. The van der Waals surface area contributed by atoms with E-state index < -0.39 is 15.7 Å². The second-order valence-electron chi connectivity index (χ2n) is 3.79. The van der Waals surface area contributed by atoms with Gasteiger partial charge in [0, 0.05) is 19.3 Å². The topological polar surface area (TPSA) is 106 Å². The molecule has 1 rings (SSSR count). The zero-order valence-corrected chi connectivity index (χ0v) is 12.2. The molecule has 0 bridgehead atoms. The Morgan fingerprint density at radius 3 is 2.17 bits per heavy atom. The van der Waals surface area contributed by atoms with Crippen LogP contribution >= 0.6 is 11.3 Å². The van der Waals surface area contributed by atoms with Crippen LogP contribution in [0, 0.1) is 0 Å². The van der Waals surface area contributed by atoms with Crippen molar-refractivity contribution in [1.29, 1.82) is 0 Å². The van der Waals surface area contributed by atoms with Crippen molar-refractivity contribution in [1.82, 2.24) is 0 Å². The van der Waals surface area contributed by atoms with Crippen molar-refractivity contribution in [3.05, 3.63) is 4.88 Å². The second-order valence-corrected chi connectivity index (χ2v) is 6.74. The molecule has 0 aromatic carbocycles. The summed E-state index contributed by atoms with van der Waals surface area (Å²) in [5, 5.41) is 0.480. The number of primary amides is 1. The fourth-order valence-electron chi connectivity index (χ4n) is 1.68. The summed E-state index contributed by atoms with van der Waals surface area (Å²) in [4.78, 5) is 13.2. The fourth-order valence-corrected chi connectivity index (χ4v) is 4.36. The number of nitrogens with zero attached hydrogens (tertiary/aromatic N) is 1. The highest BCUT2D eigenvalue weighted by Crippen LogP contribution is 2.41. The molecule has 102 valence electrons. The number of amides is 1. The van der Waals surface area contributed by atoms with Gasteiger partial charge < -0.3 is 16.4 Å². The molecule has 0 fully saturated rings.